The highest BCUT2D eigenvalue weighted by Crippen LogP contribution is 2.32. The molecule has 0 saturated carbocycles. The number of fused-ring (bicyclic) bond motifs is 1. The minimum atomic E-state index is 0.465. The van der Waals surface area contributed by atoms with Gasteiger partial charge in [0, 0.05) is 23.8 Å². The molecule has 0 fully saturated rings. The minimum Gasteiger partial charge on any atom is -0.465 e. The van der Waals surface area contributed by atoms with E-state index in [1.807, 2.05) is 6.92 Å². The van der Waals surface area contributed by atoms with Crippen molar-refractivity contribution in [1.82, 2.24) is 0 Å². The molecule has 3 nitrogen and oxygen atoms in total. The van der Waals surface area contributed by atoms with E-state index in [9.17, 15) is 0 Å². The molecule has 0 saturated heterocycles. The molecule has 0 bridgehead atoms. The summed E-state index contributed by atoms with van der Waals surface area (Å²) in [7, 11) is 0. The third kappa shape index (κ3) is 2.34. The van der Waals surface area contributed by atoms with Crippen LogP contribution in [0.15, 0.2) is 34.7 Å². The van der Waals surface area contributed by atoms with Crippen molar-refractivity contribution < 1.29 is 4.42 Å². The molecule has 1 unspecified atom stereocenters. The third-order valence-electron chi connectivity index (χ3n) is 4.28. The van der Waals surface area contributed by atoms with Gasteiger partial charge in [0.1, 0.15) is 11.5 Å². The molecule has 106 valence electrons. The van der Waals surface area contributed by atoms with Gasteiger partial charge in [0.2, 0.25) is 0 Å². The summed E-state index contributed by atoms with van der Waals surface area (Å²) in [6, 6.07) is 11.4. The molecule has 0 spiro atoms. The maximum absolute atomic E-state index is 5.68. The van der Waals surface area contributed by atoms with E-state index in [1.165, 1.54) is 29.7 Å². The first-order chi connectivity index (χ1) is 9.69. The Labute approximate surface area is 120 Å². The van der Waals surface area contributed by atoms with E-state index in [1.54, 1.807) is 0 Å². The molecule has 3 rings (SSSR count). The molecular formula is C17H22N2O. The molecular weight excluding hydrogens is 248 g/mol. The van der Waals surface area contributed by atoms with Crippen LogP contribution < -0.4 is 10.6 Å². The topological polar surface area (TPSA) is 42.4 Å². The van der Waals surface area contributed by atoms with Gasteiger partial charge in [-0.25, -0.2) is 0 Å². The zero-order valence-electron chi connectivity index (χ0n) is 12.2. The molecule has 0 amide bonds. The van der Waals surface area contributed by atoms with Crippen LogP contribution in [0.1, 0.15) is 36.0 Å². The minimum absolute atomic E-state index is 0.465. The number of anilines is 1. The van der Waals surface area contributed by atoms with Gasteiger partial charge in [0.05, 0.1) is 6.54 Å². The van der Waals surface area contributed by atoms with E-state index in [0.717, 1.165) is 18.1 Å². The largest absolute Gasteiger partial charge is 0.465 e. The predicted molar refractivity (Wildman–Crippen MR) is 81.7 cm³/mol. The van der Waals surface area contributed by atoms with Gasteiger partial charge in [-0.05, 0) is 44.4 Å². The fraction of sp³-hybridized carbons (Fsp3) is 0.412. The van der Waals surface area contributed by atoms with E-state index < -0.39 is 0 Å². The lowest BCUT2D eigenvalue weighted by Crippen LogP contribution is -2.36. The van der Waals surface area contributed by atoms with E-state index in [-0.39, 0.29) is 0 Å². The van der Waals surface area contributed by atoms with Crippen LogP contribution in [0.2, 0.25) is 0 Å². The van der Waals surface area contributed by atoms with E-state index in [4.69, 9.17) is 10.2 Å². The van der Waals surface area contributed by atoms with Crippen LogP contribution in [-0.2, 0) is 19.5 Å². The second kappa shape index (κ2) is 5.33. The van der Waals surface area contributed by atoms with Crippen molar-refractivity contribution in [3.05, 3.63) is 53.0 Å². The molecule has 2 heterocycles. The highest BCUT2D eigenvalue weighted by molar-refractivity contribution is 5.56. The standard InChI is InChI=1S/C17H22N2O/c1-12-7-8-14-5-3-4-6-17(14)19(12)11-15-9-16(10-18)20-13(15)2/h3-6,9,12H,7-8,10-11,18H2,1-2H3. The monoisotopic (exact) mass is 270 g/mol. The molecule has 2 N–H and O–H groups in total. The molecule has 0 aliphatic carbocycles. The van der Waals surface area contributed by atoms with E-state index >= 15 is 0 Å². The van der Waals surface area contributed by atoms with Crippen molar-refractivity contribution in [2.75, 3.05) is 4.90 Å². The lowest BCUT2D eigenvalue weighted by atomic mass is 9.96. The number of furan rings is 1. The highest BCUT2D eigenvalue weighted by Gasteiger charge is 2.23. The van der Waals surface area contributed by atoms with Crippen LogP contribution in [0, 0.1) is 6.92 Å². The lowest BCUT2D eigenvalue weighted by molar-refractivity contribution is 0.480. The summed E-state index contributed by atoms with van der Waals surface area (Å²) in [6.45, 7) is 5.69. The van der Waals surface area contributed by atoms with E-state index in [2.05, 4.69) is 42.2 Å². The van der Waals surface area contributed by atoms with Gasteiger partial charge in [-0.2, -0.15) is 0 Å². The van der Waals surface area contributed by atoms with E-state index in [0.29, 0.717) is 12.6 Å². The van der Waals surface area contributed by atoms with Crippen molar-refractivity contribution in [2.45, 2.75) is 45.8 Å². The first-order valence-electron chi connectivity index (χ1n) is 7.32. The Morgan fingerprint density at radius 2 is 2.15 bits per heavy atom. The van der Waals surface area contributed by atoms with Gasteiger partial charge >= 0.3 is 0 Å². The Kier molecular flexibility index (Phi) is 3.53. The van der Waals surface area contributed by atoms with Crippen molar-refractivity contribution in [2.24, 2.45) is 5.73 Å². The quantitative estimate of drug-likeness (QED) is 0.929. The Balaban J connectivity index is 1.91. The molecule has 1 aromatic heterocycles. The Morgan fingerprint density at radius 3 is 2.90 bits per heavy atom. The summed E-state index contributed by atoms with van der Waals surface area (Å²) in [5.41, 5.74) is 9.72. The zero-order valence-corrected chi connectivity index (χ0v) is 12.2. The SMILES string of the molecule is Cc1oc(CN)cc1CN1c2ccccc2CCC1C. The average Bonchev–Trinajstić information content (AvgIpc) is 2.82. The third-order valence-corrected chi connectivity index (χ3v) is 4.28. The predicted octanol–water partition coefficient (Wildman–Crippen LogP) is 3.39. The Bertz CT molecular complexity index is 603. The maximum atomic E-state index is 5.68. The second-order valence-corrected chi connectivity index (χ2v) is 5.64. The van der Waals surface area contributed by atoms with Gasteiger partial charge in [-0.3, -0.25) is 0 Å². The van der Waals surface area contributed by atoms with Gasteiger partial charge < -0.3 is 15.1 Å². The van der Waals surface area contributed by atoms with Crippen molar-refractivity contribution in [1.29, 1.82) is 0 Å². The summed E-state index contributed by atoms with van der Waals surface area (Å²) < 4.78 is 5.68. The van der Waals surface area contributed by atoms with Gasteiger partial charge in [0.25, 0.3) is 0 Å². The first-order valence-corrected chi connectivity index (χ1v) is 7.32. The van der Waals surface area contributed by atoms with Crippen molar-refractivity contribution in [3.63, 3.8) is 0 Å². The van der Waals surface area contributed by atoms with Crippen LogP contribution >= 0.6 is 0 Å². The molecule has 0 radical (unpaired) electrons. The first kappa shape index (κ1) is 13.3. The number of para-hydroxylation sites is 1. The lowest BCUT2D eigenvalue weighted by Gasteiger charge is -2.37. The van der Waals surface area contributed by atoms with Crippen LogP contribution in [0.5, 0.6) is 0 Å². The van der Waals surface area contributed by atoms with Crippen LogP contribution in [0.4, 0.5) is 5.69 Å². The van der Waals surface area contributed by atoms with Crippen molar-refractivity contribution >= 4 is 5.69 Å². The second-order valence-electron chi connectivity index (χ2n) is 5.64. The van der Waals surface area contributed by atoms with Crippen LogP contribution in [0.25, 0.3) is 0 Å². The molecule has 3 heteroatoms. The van der Waals surface area contributed by atoms with Crippen molar-refractivity contribution in [3.8, 4) is 0 Å². The van der Waals surface area contributed by atoms with Crippen LogP contribution in [-0.4, -0.2) is 6.04 Å². The molecule has 2 aromatic rings. The fourth-order valence-electron chi connectivity index (χ4n) is 3.03. The summed E-state index contributed by atoms with van der Waals surface area (Å²) in [5.74, 6) is 1.86. The number of hydrogen-bond donors (Lipinski definition) is 1. The highest BCUT2D eigenvalue weighted by atomic mass is 16.3. The number of hydrogen-bond acceptors (Lipinski definition) is 3. The van der Waals surface area contributed by atoms with Crippen LogP contribution in [0.3, 0.4) is 0 Å². The molecule has 20 heavy (non-hydrogen) atoms. The molecule has 1 atom stereocenters. The molecule has 1 aliphatic heterocycles. The number of nitrogens with zero attached hydrogens (tertiary/aromatic N) is 1. The average molecular weight is 270 g/mol. The van der Waals surface area contributed by atoms with Gasteiger partial charge in [-0.1, -0.05) is 18.2 Å². The maximum Gasteiger partial charge on any atom is 0.118 e. The summed E-state index contributed by atoms with van der Waals surface area (Å²) in [5, 5.41) is 0. The normalized spacial score (nSPS) is 18.1. The number of benzene rings is 1. The summed E-state index contributed by atoms with van der Waals surface area (Å²) in [4.78, 5) is 2.48. The number of rotatable bonds is 3. The Morgan fingerprint density at radius 1 is 1.35 bits per heavy atom. The smallest absolute Gasteiger partial charge is 0.118 e. The summed E-state index contributed by atoms with van der Waals surface area (Å²) in [6.07, 6.45) is 2.38. The fourth-order valence-corrected chi connectivity index (χ4v) is 3.03. The molecule has 1 aromatic carbocycles. The molecule has 1 aliphatic rings. The number of nitrogens with two attached hydrogens (primary N) is 1. The Hall–Kier alpha value is -1.74. The van der Waals surface area contributed by atoms with Gasteiger partial charge in [0.15, 0.2) is 0 Å². The zero-order chi connectivity index (χ0) is 14.1. The number of aryl methyl sites for hydroxylation is 2. The summed E-state index contributed by atoms with van der Waals surface area (Å²) >= 11 is 0. The van der Waals surface area contributed by atoms with Gasteiger partial charge in [-0.15, -0.1) is 0 Å².